The number of nitrogens with zero attached hydrogens (tertiary/aromatic N) is 1. The SMILES string of the molecule is CN(C(=O)c1ccc(F)cc1)c1ccc(Br)cc1N. The van der Waals surface area contributed by atoms with Crippen LogP contribution in [0.1, 0.15) is 10.4 Å². The minimum Gasteiger partial charge on any atom is -0.397 e. The molecule has 2 N–H and O–H groups in total. The van der Waals surface area contributed by atoms with E-state index in [1.165, 1.54) is 29.2 Å². The van der Waals surface area contributed by atoms with Crippen molar-refractivity contribution in [2.45, 2.75) is 0 Å². The number of carbonyl (C=O) groups is 1. The van der Waals surface area contributed by atoms with E-state index in [2.05, 4.69) is 15.9 Å². The predicted octanol–water partition coefficient (Wildman–Crippen LogP) is 3.45. The van der Waals surface area contributed by atoms with Crippen molar-refractivity contribution in [3.63, 3.8) is 0 Å². The number of hydrogen-bond acceptors (Lipinski definition) is 2. The van der Waals surface area contributed by atoms with E-state index >= 15 is 0 Å². The molecule has 2 rings (SSSR count). The molecule has 98 valence electrons. The van der Waals surface area contributed by atoms with Gasteiger partial charge in [0.05, 0.1) is 11.4 Å². The molecule has 0 fully saturated rings. The first kappa shape index (κ1) is 13.5. The molecular formula is C14H12BrFN2O. The number of benzene rings is 2. The molecule has 2 aromatic rings. The van der Waals surface area contributed by atoms with Crippen LogP contribution < -0.4 is 10.6 Å². The van der Waals surface area contributed by atoms with Crippen LogP contribution >= 0.6 is 15.9 Å². The summed E-state index contributed by atoms with van der Waals surface area (Å²) in [5.41, 5.74) is 7.39. The monoisotopic (exact) mass is 322 g/mol. The van der Waals surface area contributed by atoms with Gasteiger partial charge in [-0.2, -0.15) is 0 Å². The Hall–Kier alpha value is -1.88. The van der Waals surface area contributed by atoms with Crippen molar-refractivity contribution >= 4 is 33.2 Å². The predicted molar refractivity (Wildman–Crippen MR) is 77.7 cm³/mol. The van der Waals surface area contributed by atoms with Gasteiger partial charge in [-0.15, -0.1) is 0 Å². The molecule has 0 unspecified atom stereocenters. The quantitative estimate of drug-likeness (QED) is 0.861. The molecule has 0 aliphatic rings. The molecule has 1 amide bonds. The summed E-state index contributed by atoms with van der Waals surface area (Å²) >= 11 is 3.31. The minimum absolute atomic E-state index is 0.242. The van der Waals surface area contributed by atoms with Crippen molar-refractivity contribution < 1.29 is 9.18 Å². The highest BCUT2D eigenvalue weighted by Gasteiger charge is 2.15. The van der Waals surface area contributed by atoms with Crippen LogP contribution in [-0.2, 0) is 0 Å². The summed E-state index contributed by atoms with van der Waals surface area (Å²) in [6.07, 6.45) is 0. The van der Waals surface area contributed by atoms with Gasteiger partial charge in [0.25, 0.3) is 5.91 Å². The second-order valence-corrected chi connectivity index (χ2v) is 4.99. The number of rotatable bonds is 2. The average molecular weight is 323 g/mol. The van der Waals surface area contributed by atoms with E-state index in [1.807, 2.05) is 0 Å². The zero-order chi connectivity index (χ0) is 14.0. The topological polar surface area (TPSA) is 46.3 Å². The maximum Gasteiger partial charge on any atom is 0.258 e. The molecule has 0 aliphatic heterocycles. The Morgan fingerprint density at radius 2 is 1.84 bits per heavy atom. The van der Waals surface area contributed by atoms with Crippen molar-refractivity contribution in [3.8, 4) is 0 Å². The first-order valence-corrected chi connectivity index (χ1v) is 6.37. The van der Waals surface area contributed by atoms with E-state index in [9.17, 15) is 9.18 Å². The average Bonchev–Trinajstić information content (AvgIpc) is 2.38. The lowest BCUT2D eigenvalue weighted by Crippen LogP contribution is -2.27. The Balaban J connectivity index is 2.30. The first-order chi connectivity index (χ1) is 8.99. The summed E-state index contributed by atoms with van der Waals surface area (Å²) in [5.74, 6) is -0.614. The van der Waals surface area contributed by atoms with Crippen LogP contribution in [0.25, 0.3) is 0 Å². The fourth-order valence-corrected chi connectivity index (χ4v) is 2.11. The number of carbonyl (C=O) groups excluding carboxylic acids is 1. The van der Waals surface area contributed by atoms with E-state index in [-0.39, 0.29) is 11.7 Å². The van der Waals surface area contributed by atoms with Crippen molar-refractivity contribution in [1.82, 2.24) is 0 Å². The Labute approximate surface area is 119 Å². The second-order valence-electron chi connectivity index (χ2n) is 4.07. The van der Waals surface area contributed by atoms with Gasteiger partial charge in [-0.3, -0.25) is 4.79 Å². The van der Waals surface area contributed by atoms with Gasteiger partial charge in [0.15, 0.2) is 0 Å². The molecule has 0 radical (unpaired) electrons. The zero-order valence-corrected chi connectivity index (χ0v) is 11.8. The first-order valence-electron chi connectivity index (χ1n) is 5.57. The van der Waals surface area contributed by atoms with E-state index in [4.69, 9.17) is 5.73 Å². The molecule has 0 saturated heterocycles. The lowest BCUT2D eigenvalue weighted by molar-refractivity contribution is 0.0993. The number of nitrogens with two attached hydrogens (primary N) is 1. The van der Waals surface area contributed by atoms with Gasteiger partial charge in [-0.25, -0.2) is 4.39 Å². The Morgan fingerprint density at radius 3 is 2.42 bits per heavy atom. The molecule has 0 heterocycles. The molecule has 0 spiro atoms. The summed E-state index contributed by atoms with van der Waals surface area (Å²) < 4.78 is 13.7. The van der Waals surface area contributed by atoms with Gasteiger partial charge in [-0.1, -0.05) is 15.9 Å². The molecule has 19 heavy (non-hydrogen) atoms. The molecule has 0 saturated carbocycles. The van der Waals surface area contributed by atoms with Crippen LogP contribution in [-0.4, -0.2) is 13.0 Å². The van der Waals surface area contributed by atoms with Gasteiger partial charge >= 0.3 is 0 Å². The van der Waals surface area contributed by atoms with Gasteiger partial charge in [0.1, 0.15) is 5.82 Å². The van der Waals surface area contributed by atoms with E-state index < -0.39 is 0 Å². The lowest BCUT2D eigenvalue weighted by Gasteiger charge is -2.19. The van der Waals surface area contributed by atoms with Gasteiger partial charge in [0.2, 0.25) is 0 Å². The molecule has 5 heteroatoms. The Kier molecular flexibility index (Phi) is 3.85. The smallest absolute Gasteiger partial charge is 0.258 e. The Bertz CT molecular complexity index is 613. The highest BCUT2D eigenvalue weighted by molar-refractivity contribution is 9.10. The lowest BCUT2D eigenvalue weighted by atomic mass is 10.1. The van der Waals surface area contributed by atoms with Crippen molar-refractivity contribution in [1.29, 1.82) is 0 Å². The van der Waals surface area contributed by atoms with Gasteiger partial charge in [0, 0.05) is 17.1 Å². The maximum absolute atomic E-state index is 12.8. The van der Waals surface area contributed by atoms with Crippen LogP contribution in [0.2, 0.25) is 0 Å². The van der Waals surface area contributed by atoms with Crippen molar-refractivity contribution in [2.75, 3.05) is 17.7 Å². The van der Waals surface area contributed by atoms with Crippen LogP contribution in [0.3, 0.4) is 0 Å². The van der Waals surface area contributed by atoms with E-state index in [1.54, 1.807) is 25.2 Å². The van der Waals surface area contributed by atoms with Gasteiger partial charge < -0.3 is 10.6 Å². The van der Waals surface area contributed by atoms with Crippen LogP contribution in [0.4, 0.5) is 15.8 Å². The fourth-order valence-electron chi connectivity index (χ4n) is 1.73. The third-order valence-electron chi connectivity index (χ3n) is 2.75. The molecule has 2 aromatic carbocycles. The largest absolute Gasteiger partial charge is 0.397 e. The number of anilines is 2. The minimum atomic E-state index is -0.373. The summed E-state index contributed by atoms with van der Waals surface area (Å²) in [5, 5.41) is 0. The van der Waals surface area contributed by atoms with Crippen LogP contribution in [0.15, 0.2) is 46.9 Å². The van der Waals surface area contributed by atoms with Crippen molar-refractivity contribution in [2.24, 2.45) is 0 Å². The summed E-state index contributed by atoms with van der Waals surface area (Å²) in [4.78, 5) is 13.7. The third kappa shape index (κ3) is 2.93. The number of halogens is 2. The van der Waals surface area contributed by atoms with Crippen molar-refractivity contribution in [3.05, 3.63) is 58.3 Å². The molecular weight excluding hydrogens is 311 g/mol. The molecule has 0 bridgehead atoms. The summed E-state index contributed by atoms with van der Waals surface area (Å²) in [6, 6.07) is 10.7. The summed E-state index contributed by atoms with van der Waals surface area (Å²) in [7, 11) is 1.63. The standard InChI is InChI=1S/C14H12BrFN2O/c1-18(13-7-4-10(15)8-12(13)17)14(19)9-2-5-11(16)6-3-9/h2-8H,17H2,1H3. The number of hydrogen-bond donors (Lipinski definition) is 1. The van der Waals surface area contributed by atoms with E-state index in [0.29, 0.717) is 16.9 Å². The molecule has 0 atom stereocenters. The molecule has 0 aliphatic carbocycles. The molecule has 0 aromatic heterocycles. The Morgan fingerprint density at radius 1 is 1.21 bits per heavy atom. The van der Waals surface area contributed by atoms with Crippen LogP contribution in [0, 0.1) is 5.82 Å². The summed E-state index contributed by atoms with van der Waals surface area (Å²) in [6.45, 7) is 0. The maximum atomic E-state index is 12.8. The highest BCUT2D eigenvalue weighted by Crippen LogP contribution is 2.26. The fraction of sp³-hybridized carbons (Fsp3) is 0.0714. The molecule has 3 nitrogen and oxygen atoms in total. The van der Waals surface area contributed by atoms with Crippen LogP contribution in [0.5, 0.6) is 0 Å². The number of amides is 1. The highest BCUT2D eigenvalue weighted by atomic mass is 79.9. The van der Waals surface area contributed by atoms with E-state index in [0.717, 1.165) is 4.47 Å². The van der Waals surface area contributed by atoms with Gasteiger partial charge in [-0.05, 0) is 42.5 Å². The third-order valence-corrected chi connectivity index (χ3v) is 3.24. The second kappa shape index (κ2) is 5.40. The normalized spacial score (nSPS) is 10.3. The zero-order valence-electron chi connectivity index (χ0n) is 10.2. The number of nitrogen functional groups attached to an aromatic ring is 1.